The van der Waals surface area contributed by atoms with Gasteiger partial charge >= 0.3 is 0 Å². The van der Waals surface area contributed by atoms with E-state index in [1.165, 1.54) is 0 Å². The number of benzene rings is 1. The van der Waals surface area contributed by atoms with Crippen LogP contribution in [0.4, 0.5) is 0 Å². The second-order valence-electron chi connectivity index (χ2n) is 8.24. The molecule has 2 saturated heterocycles. The molecular weight excluding hydrogens is 372 g/mol. The van der Waals surface area contributed by atoms with Gasteiger partial charge in [-0.2, -0.15) is 0 Å². The van der Waals surface area contributed by atoms with E-state index in [0.717, 1.165) is 29.8 Å². The summed E-state index contributed by atoms with van der Waals surface area (Å²) in [6, 6.07) is 4.71. The highest BCUT2D eigenvalue weighted by Crippen LogP contribution is 2.32. The Balaban J connectivity index is 1.61. The smallest absolute Gasteiger partial charge is 0.262 e. The summed E-state index contributed by atoms with van der Waals surface area (Å²) in [4.78, 5) is 53.2. The molecule has 0 aliphatic carbocycles. The molecule has 3 unspecified atom stereocenters. The largest absolute Gasteiger partial charge is 0.330 e. The Morgan fingerprint density at radius 2 is 1.90 bits per heavy atom. The molecule has 2 fully saturated rings. The van der Waals surface area contributed by atoms with E-state index in [4.69, 9.17) is 5.73 Å². The highest BCUT2D eigenvalue weighted by molar-refractivity contribution is 6.24. The highest BCUT2D eigenvalue weighted by atomic mass is 16.2. The number of piperidine rings is 2. The van der Waals surface area contributed by atoms with Gasteiger partial charge in [-0.1, -0.05) is 12.1 Å². The van der Waals surface area contributed by atoms with Gasteiger partial charge in [0.15, 0.2) is 0 Å². The fourth-order valence-corrected chi connectivity index (χ4v) is 4.61. The van der Waals surface area contributed by atoms with Gasteiger partial charge in [-0.3, -0.25) is 34.3 Å². The van der Waals surface area contributed by atoms with E-state index in [0.29, 0.717) is 36.2 Å². The van der Waals surface area contributed by atoms with Crippen LogP contribution >= 0.6 is 0 Å². The zero-order valence-electron chi connectivity index (χ0n) is 16.5. The Morgan fingerprint density at radius 3 is 2.62 bits per heavy atom. The van der Waals surface area contributed by atoms with E-state index in [1.807, 2.05) is 6.07 Å². The van der Waals surface area contributed by atoms with Crippen LogP contribution in [0.25, 0.3) is 0 Å². The van der Waals surface area contributed by atoms with Crippen molar-refractivity contribution in [3.05, 3.63) is 34.9 Å². The minimum absolute atomic E-state index is 0.114. The Labute approximate surface area is 169 Å². The molecule has 1 aromatic rings. The molecule has 8 heteroatoms. The third-order valence-corrected chi connectivity index (χ3v) is 6.37. The first-order chi connectivity index (χ1) is 13.9. The van der Waals surface area contributed by atoms with E-state index in [9.17, 15) is 19.2 Å². The molecule has 3 N–H and O–H groups in total. The van der Waals surface area contributed by atoms with Crippen molar-refractivity contribution in [3.63, 3.8) is 0 Å². The minimum atomic E-state index is -0.941. The van der Waals surface area contributed by atoms with Crippen LogP contribution in [0.3, 0.4) is 0 Å². The van der Waals surface area contributed by atoms with Crippen LogP contribution in [-0.4, -0.2) is 58.6 Å². The molecule has 4 amide bonds. The van der Waals surface area contributed by atoms with E-state index >= 15 is 0 Å². The number of carbonyl (C=O) groups excluding carboxylic acids is 4. The molecule has 8 nitrogen and oxygen atoms in total. The standard InChI is InChI=1S/C21H26N4O4/c1-12-5-6-13(9-22)10-24(12)11-14-3-2-4-15-18(14)21(29)25(20(15)28)16-7-8-17(26)23-19(16)27/h2-4,12-13,16H,5-11,22H2,1H3,(H,23,26,27). The number of fused-ring (bicyclic) bond motifs is 1. The first-order valence-electron chi connectivity index (χ1n) is 10.2. The third kappa shape index (κ3) is 3.47. The van der Waals surface area contributed by atoms with Crippen molar-refractivity contribution in [3.8, 4) is 0 Å². The van der Waals surface area contributed by atoms with Crippen LogP contribution in [0.2, 0.25) is 0 Å². The number of nitrogens with zero attached hydrogens (tertiary/aromatic N) is 2. The topological polar surface area (TPSA) is 113 Å². The van der Waals surface area contributed by atoms with Gasteiger partial charge in [0.2, 0.25) is 11.8 Å². The molecule has 1 aromatic carbocycles. The van der Waals surface area contributed by atoms with Crippen molar-refractivity contribution in [1.29, 1.82) is 0 Å². The van der Waals surface area contributed by atoms with Crippen molar-refractivity contribution in [2.24, 2.45) is 11.7 Å². The quantitative estimate of drug-likeness (QED) is 0.720. The maximum Gasteiger partial charge on any atom is 0.262 e. The number of amides is 4. The van der Waals surface area contributed by atoms with Crippen molar-refractivity contribution in [2.45, 2.75) is 51.2 Å². The maximum absolute atomic E-state index is 13.2. The fraction of sp³-hybridized carbons (Fsp3) is 0.524. The lowest BCUT2D eigenvalue weighted by atomic mass is 9.92. The number of likely N-dealkylation sites (tertiary alicyclic amines) is 1. The molecule has 154 valence electrons. The Hall–Kier alpha value is -2.58. The number of hydrogen-bond donors (Lipinski definition) is 2. The van der Waals surface area contributed by atoms with E-state index in [1.54, 1.807) is 12.1 Å². The lowest BCUT2D eigenvalue weighted by Crippen LogP contribution is -2.54. The van der Waals surface area contributed by atoms with Crippen molar-refractivity contribution in [2.75, 3.05) is 13.1 Å². The Kier molecular flexibility index (Phi) is 5.23. The molecule has 29 heavy (non-hydrogen) atoms. The highest BCUT2D eigenvalue weighted by Gasteiger charge is 2.45. The van der Waals surface area contributed by atoms with Crippen LogP contribution in [0.1, 0.15) is 58.9 Å². The summed E-state index contributed by atoms with van der Waals surface area (Å²) < 4.78 is 0. The average molecular weight is 398 g/mol. The molecule has 3 atom stereocenters. The summed E-state index contributed by atoms with van der Waals surface area (Å²) >= 11 is 0. The predicted molar refractivity (Wildman–Crippen MR) is 105 cm³/mol. The first-order valence-corrected chi connectivity index (χ1v) is 10.2. The normalized spacial score (nSPS) is 27.9. The number of rotatable bonds is 4. The maximum atomic E-state index is 13.2. The molecule has 0 radical (unpaired) electrons. The summed E-state index contributed by atoms with van der Waals surface area (Å²) in [6.07, 6.45) is 2.42. The number of nitrogens with two attached hydrogens (primary N) is 1. The first kappa shape index (κ1) is 19.7. The summed E-state index contributed by atoms with van der Waals surface area (Å²) in [5, 5.41) is 2.23. The van der Waals surface area contributed by atoms with Gasteiger partial charge in [-0.25, -0.2) is 0 Å². The minimum Gasteiger partial charge on any atom is -0.330 e. The Bertz CT molecular complexity index is 883. The second kappa shape index (κ2) is 7.68. The SMILES string of the molecule is CC1CCC(CN)CN1Cc1cccc2c1C(=O)N(C1CCC(=O)NC1=O)C2=O. The van der Waals surface area contributed by atoms with Gasteiger partial charge in [0.05, 0.1) is 11.1 Å². The molecular formula is C21H26N4O4. The number of hydrogen-bond acceptors (Lipinski definition) is 6. The molecule has 4 rings (SSSR count). The number of nitrogens with one attached hydrogen (secondary N) is 1. The Morgan fingerprint density at radius 1 is 1.10 bits per heavy atom. The van der Waals surface area contributed by atoms with Crippen LogP contribution in [0.15, 0.2) is 18.2 Å². The summed E-state index contributed by atoms with van der Waals surface area (Å²) in [7, 11) is 0. The van der Waals surface area contributed by atoms with Crippen LogP contribution < -0.4 is 11.1 Å². The van der Waals surface area contributed by atoms with Gasteiger partial charge in [0, 0.05) is 25.6 Å². The monoisotopic (exact) mass is 398 g/mol. The lowest BCUT2D eigenvalue weighted by Gasteiger charge is -2.38. The molecule has 3 aliphatic rings. The van der Waals surface area contributed by atoms with Gasteiger partial charge in [0.25, 0.3) is 11.8 Å². The van der Waals surface area contributed by atoms with E-state index in [-0.39, 0.29) is 18.7 Å². The van der Waals surface area contributed by atoms with Gasteiger partial charge in [-0.05, 0) is 50.3 Å². The van der Waals surface area contributed by atoms with Crippen molar-refractivity contribution >= 4 is 23.6 Å². The number of carbonyl (C=O) groups is 4. The third-order valence-electron chi connectivity index (χ3n) is 6.37. The van der Waals surface area contributed by atoms with E-state index in [2.05, 4.69) is 17.1 Å². The molecule has 0 aromatic heterocycles. The predicted octanol–water partition coefficient (Wildman–Crippen LogP) is 0.647. The second-order valence-corrected chi connectivity index (χ2v) is 8.24. The summed E-state index contributed by atoms with van der Waals surface area (Å²) in [5.41, 5.74) is 7.37. The van der Waals surface area contributed by atoms with Crippen molar-refractivity contribution in [1.82, 2.24) is 15.1 Å². The van der Waals surface area contributed by atoms with Gasteiger partial charge < -0.3 is 5.73 Å². The van der Waals surface area contributed by atoms with Crippen LogP contribution in [-0.2, 0) is 16.1 Å². The fourth-order valence-electron chi connectivity index (χ4n) is 4.61. The van der Waals surface area contributed by atoms with Gasteiger partial charge in [-0.15, -0.1) is 0 Å². The zero-order chi connectivity index (χ0) is 20.7. The van der Waals surface area contributed by atoms with Crippen LogP contribution in [0, 0.1) is 5.92 Å². The van der Waals surface area contributed by atoms with Gasteiger partial charge in [0.1, 0.15) is 6.04 Å². The zero-order valence-corrected chi connectivity index (χ0v) is 16.5. The molecule has 0 bridgehead atoms. The van der Waals surface area contributed by atoms with Crippen LogP contribution in [0.5, 0.6) is 0 Å². The molecule has 3 aliphatic heterocycles. The molecule has 3 heterocycles. The lowest BCUT2D eigenvalue weighted by molar-refractivity contribution is -0.136. The molecule has 0 spiro atoms. The summed E-state index contributed by atoms with van der Waals surface area (Å²) in [5.74, 6) is -1.45. The molecule has 0 saturated carbocycles. The number of imide groups is 2. The average Bonchev–Trinajstić information content (AvgIpc) is 2.95. The summed E-state index contributed by atoms with van der Waals surface area (Å²) in [6.45, 7) is 4.22. The van der Waals surface area contributed by atoms with E-state index < -0.39 is 23.8 Å². The van der Waals surface area contributed by atoms with Crippen molar-refractivity contribution < 1.29 is 19.2 Å².